The zero-order valence-corrected chi connectivity index (χ0v) is 15.7. The Bertz CT molecular complexity index is 786. The van der Waals surface area contributed by atoms with E-state index in [0.717, 1.165) is 4.90 Å². The fraction of sp³-hybridized carbons (Fsp3) is 0.500. The molecule has 0 aliphatic carbocycles. The molecule has 0 bridgehead atoms. The van der Waals surface area contributed by atoms with Crippen molar-refractivity contribution in [2.24, 2.45) is 0 Å². The Balaban J connectivity index is 2.32. The second-order valence-corrected chi connectivity index (χ2v) is 9.42. The first-order valence-electron chi connectivity index (χ1n) is 7.64. The molecule has 0 radical (unpaired) electrons. The van der Waals surface area contributed by atoms with Crippen LogP contribution in [0.4, 0.5) is 4.79 Å². The number of amides is 1. The maximum Gasteiger partial charge on any atom is 0.411 e. The van der Waals surface area contributed by atoms with Crippen molar-refractivity contribution in [3.63, 3.8) is 0 Å². The van der Waals surface area contributed by atoms with E-state index in [1.54, 1.807) is 26.8 Å². The van der Waals surface area contributed by atoms with Crippen LogP contribution in [-0.4, -0.2) is 53.9 Å². The highest BCUT2D eigenvalue weighted by Crippen LogP contribution is 2.32. The van der Waals surface area contributed by atoms with Crippen molar-refractivity contribution >= 4 is 33.5 Å². The summed E-state index contributed by atoms with van der Waals surface area (Å²) in [7, 11) is -3.89. The van der Waals surface area contributed by atoms with E-state index in [-0.39, 0.29) is 22.9 Å². The number of aliphatic carboxylic acids is 1. The summed E-state index contributed by atoms with van der Waals surface area (Å²) < 4.78 is 30.8. The molecule has 0 unspecified atom stereocenters. The molecule has 7 nitrogen and oxygen atoms in total. The number of carboxylic acid groups (broad SMARTS) is 1. The van der Waals surface area contributed by atoms with Crippen molar-refractivity contribution < 1.29 is 27.9 Å². The Labute approximate surface area is 151 Å². The van der Waals surface area contributed by atoms with E-state index >= 15 is 0 Å². The molecule has 2 rings (SSSR count). The van der Waals surface area contributed by atoms with Crippen LogP contribution in [0.15, 0.2) is 29.2 Å². The summed E-state index contributed by atoms with van der Waals surface area (Å²) in [6.07, 6.45) is -1.07. The third-order valence-corrected chi connectivity index (χ3v) is 6.39. The normalized spacial score (nSPS) is 21.2. The van der Waals surface area contributed by atoms with Gasteiger partial charge in [-0.05, 0) is 39.3 Å². The van der Waals surface area contributed by atoms with Gasteiger partial charge in [0, 0.05) is 6.54 Å². The van der Waals surface area contributed by atoms with Gasteiger partial charge in [0.1, 0.15) is 11.6 Å². The van der Waals surface area contributed by atoms with E-state index in [1.165, 1.54) is 18.2 Å². The quantitative estimate of drug-likeness (QED) is 0.852. The van der Waals surface area contributed by atoms with Crippen LogP contribution in [0.25, 0.3) is 0 Å². The fourth-order valence-corrected chi connectivity index (χ4v) is 4.85. The molecule has 0 aromatic heterocycles. The summed E-state index contributed by atoms with van der Waals surface area (Å²) in [5.74, 6) is -1.28. The topological polar surface area (TPSA) is 101 Å². The van der Waals surface area contributed by atoms with Crippen LogP contribution in [0.5, 0.6) is 0 Å². The van der Waals surface area contributed by atoms with E-state index in [2.05, 4.69) is 0 Å². The second kappa shape index (κ2) is 6.84. The first-order chi connectivity index (χ1) is 11.4. The van der Waals surface area contributed by atoms with Gasteiger partial charge in [-0.25, -0.2) is 18.0 Å². The highest BCUT2D eigenvalue weighted by molar-refractivity contribution is 7.92. The Morgan fingerprint density at radius 2 is 1.88 bits per heavy atom. The molecular formula is C16H20ClNO6S. The highest BCUT2D eigenvalue weighted by Gasteiger charge is 2.47. The van der Waals surface area contributed by atoms with E-state index in [0.29, 0.717) is 0 Å². The minimum atomic E-state index is -3.89. The predicted molar refractivity (Wildman–Crippen MR) is 91.4 cm³/mol. The summed E-state index contributed by atoms with van der Waals surface area (Å²) in [5.41, 5.74) is -0.820. The molecule has 1 aliphatic heterocycles. The van der Waals surface area contributed by atoms with Crippen LogP contribution in [0.3, 0.4) is 0 Å². The van der Waals surface area contributed by atoms with Crippen LogP contribution >= 0.6 is 11.6 Å². The monoisotopic (exact) mass is 389 g/mol. The van der Waals surface area contributed by atoms with Crippen LogP contribution < -0.4 is 0 Å². The summed E-state index contributed by atoms with van der Waals surface area (Å²) >= 11 is 5.97. The largest absolute Gasteiger partial charge is 0.480 e. The third kappa shape index (κ3) is 4.24. The highest BCUT2D eigenvalue weighted by atomic mass is 35.5. The van der Waals surface area contributed by atoms with Gasteiger partial charge >= 0.3 is 12.1 Å². The molecule has 1 fully saturated rings. The number of rotatable bonds is 3. The number of carboxylic acids is 1. The van der Waals surface area contributed by atoms with Crippen LogP contribution in [0.1, 0.15) is 27.2 Å². The second-order valence-electron chi connectivity index (χ2n) is 6.82. The summed E-state index contributed by atoms with van der Waals surface area (Å²) in [6.45, 7) is 4.68. The molecule has 1 aliphatic rings. The Kier molecular flexibility index (Phi) is 5.34. The molecule has 0 saturated carbocycles. The van der Waals surface area contributed by atoms with Gasteiger partial charge in [-0.2, -0.15) is 0 Å². The molecule has 2 atom stereocenters. The number of nitrogens with zero attached hydrogens (tertiary/aromatic N) is 1. The van der Waals surface area contributed by atoms with Gasteiger partial charge < -0.3 is 9.84 Å². The number of sulfone groups is 1. The number of ether oxygens (including phenoxy) is 1. The minimum absolute atomic E-state index is 0.0603. The number of hydrogen-bond acceptors (Lipinski definition) is 5. The van der Waals surface area contributed by atoms with Gasteiger partial charge in [-0.1, -0.05) is 23.7 Å². The summed E-state index contributed by atoms with van der Waals surface area (Å²) in [6, 6.07) is 4.68. The van der Waals surface area contributed by atoms with Gasteiger partial charge in [0.25, 0.3) is 0 Å². The van der Waals surface area contributed by atoms with E-state index in [9.17, 15) is 23.1 Å². The zero-order chi connectivity index (χ0) is 19.0. The molecule has 1 saturated heterocycles. The first-order valence-corrected chi connectivity index (χ1v) is 9.57. The number of carbonyl (C=O) groups is 2. The van der Waals surface area contributed by atoms with Crippen LogP contribution in [0, 0.1) is 0 Å². The third-order valence-electron chi connectivity index (χ3n) is 3.76. The average molecular weight is 390 g/mol. The Morgan fingerprint density at radius 1 is 1.28 bits per heavy atom. The van der Waals surface area contributed by atoms with Crippen molar-refractivity contribution in [2.75, 3.05) is 6.54 Å². The molecule has 1 aromatic carbocycles. The molecule has 9 heteroatoms. The number of carbonyl (C=O) groups excluding carboxylic acids is 1. The predicted octanol–water partition coefficient (Wildman–Crippen LogP) is 2.58. The lowest BCUT2D eigenvalue weighted by molar-refractivity contribution is -0.142. The van der Waals surface area contributed by atoms with Crippen molar-refractivity contribution in [1.82, 2.24) is 4.90 Å². The van der Waals surface area contributed by atoms with Crippen molar-refractivity contribution in [3.8, 4) is 0 Å². The molecule has 1 amide bonds. The summed E-state index contributed by atoms with van der Waals surface area (Å²) in [5, 5.41) is 8.36. The number of likely N-dealkylation sites (tertiary alicyclic amines) is 1. The zero-order valence-electron chi connectivity index (χ0n) is 14.1. The number of benzene rings is 1. The number of halogens is 1. The van der Waals surface area contributed by atoms with E-state index < -0.39 is 38.8 Å². The van der Waals surface area contributed by atoms with E-state index in [4.69, 9.17) is 16.3 Å². The van der Waals surface area contributed by atoms with Crippen molar-refractivity contribution in [2.45, 2.75) is 49.0 Å². The summed E-state index contributed by atoms with van der Waals surface area (Å²) in [4.78, 5) is 24.6. The molecule has 1 aromatic rings. The van der Waals surface area contributed by atoms with Gasteiger partial charge in [0.15, 0.2) is 9.84 Å². The smallest absolute Gasteiger partial charge is 0.411 e. The molecule has 0 spiro atoms. The van der Waals surface area contributed by atoms with E-state index in [1.807, 2.05) is 0 Å². The average Bonchev–Trinajstić information content (AvgIpc) is 2.92. The lowest BCUT2D eigenvalue weighted by Gasteiger charge is -2.26. The van der Waals surface area contributed by atoms with Gasteiger partial charge in [-0.15, -0.1) is 0 Å². The van der Waals surface area contributed by atoms with Gasteiger partial charge in [0.2, 0.25) is 0 Å². The lowest BCUT2D eigenvalue weighted by atomic mass is 10.2. The van der Waals surface area contributed by atoms with Crippen molar-refractivity contribution in [1.29, 1.82) is 0 Å². The van der Waals surface area contributed by atoms with Gasteiger partial charge in [0.05, 0.1) is 15.2 Å². The SMILES string of the molecule is CC(C)(C)OC(=O)N1C[C@@H](S(=O)(=O)c2ccccc2Cl)C[C@H]1C(=O)O. The van der Waals surface area contributed by atoms with Gasteiger partial charge in [-0.3, -0.25) is 4.90 Å². The molecular weight excluding hydrogens is 370 g/mol. The van der Waals surface area contributed by atoms with Crippen LogP contribution in [-0.2, 0) is 19.4 Å². The fourth-order valence-electron chi connectivity index (χ4n) is 2.63. The molecule has 1 N–H and O–H groups in total. The maximum absolute atomic E-state index is 12.8. The molecule has 1 heterocycles. The molecule has 25 heavy (non-hydrogen) atoms. The Morgan fingerprint density at radius 3 is 2.40 bits per heavy atom. The minimum Gasteiger partial charge on any atom is -0.480 e. The lowest BCUT2D eigenvalue weighted by Crippen LogP contribution is -2.43. The first kappa shape index (κ1) is 19.5. The Hall–Kier alpha value is -1.80. The standard InChI is InChI=1S/C16H20ClNO6S/c1-16(2,3)24-15(21)18-9-10(8-12(18)14(19)20)25(22,23)13-7-5-4-6-11(13)17/h4-7,10,12H,8-9H2,1-3H3,(H,19,20)/t10-,12-/m0/s1. The van der Waals surface area contributed by atoms with Crippen molar-refractivity contribution in [3.05, 3.63) is 29.3 Å². The number of hydrogen-bond donors (Lipinski definition) is 1. The van der Waals surface area contributed by atoms with Crippen LogP contribution in [0.2, 0.25) is 5.02 Å². The molecule has 138 valence electrons. The maximum atomic E-state index is 12.8.